The Morgan fingerprint density at radius 3 is 2.49 bits per heavy atom. The third kappa shape index (κ3) is 6.95. The molecule has 41 heavy (non-hydrogen) atoms. The first-order valence-corrected chi connectivity index (χ1v) is 13.1. The van der Waals surface area contributed by atoms with Gasteiger partial charge < -0.3 is 20.1 Å². The molecular formula is C31H20ClCuINO6. The fourth-order valence-electron chi connectivity index (χ4n) is 4.08. The third-order valence-corrected chi connectivity index (χ3v) is 7.07. The first-order chi connectivity index (χ1) is 18.8. The summed E-state index contributed by atoms with van der Waals surface area (Å²) in [4.78, 5) is 28.7. The Morgan fingerprint density at radius 2 is 1.71 bits per heavy atom. The number of allylic oxidation sites excluding steroid dienone is 1. The van der Waals surface area contributed by atoms with Crippen LogP contribution in [0.3, 0.4) is 0 Å². The zero-order valence-corrected chi connectivity index (χ0v) is 24.8. The SMILES string of the molecule is O.O=C(/C=C/c1cccc(O)c1)c1cc2c(ccc3ccccc32)oc1=O.[Cu+].[O-]c1c(I)cc(Cl)c2cccnc12. The molecule has 6 rings (SSSR count). The number of carbonyl (C=O) groups is 1. The topological polar surface area (TPSA) is 135 Å². The van der Waals surface area contributed by atoms with Gasteiger partial charge in [-0.3, -0.25) is 9.78 Å². The fourth-order valence-corrected chi connectivity index (χ4v) is 5.09. The molecule has 0 unspecified atom stereocenters. The number of carbonyl (C=O) groups excluding carboxylic acids is 1. The first kappa shape index (κ1) is 31.8. The van der Waals surface area contributed by atoms with Crippen molar-refractivity contribution in [2.75, 3.05) is 0 Å². The van der Waals surface area contributed by atoms with Gasteiger partial charge in [-0.25, -0.2) is 4.79 Å². The van der Waals surface area contributed by atoms with Gasteiger partial charge in [0.15, 0.2) is 5.78 Å². The second-order valence-corrected chi connectivity index (χ2v) is 10.1. The molecule has 2 aromatic heterocycles. The maximum atomic E-state index is 12.5. The van der Waals surface area contributed by atoms with E-state index in [0.717, 1.165) is 21.5 Å². The summed E-state index contributed by atoms with van der Waals surface area (Å²) < 4.78 is 5.95. The van der Waals surface area contributed by atoms with E-state index in [1.54, 1.807) is 60.8 Å². The molecule has 0 radical (unpaired) electrons. The summed E-state index contributed by atoms with van der Waals surface area (Å²) in [6.07, 6.45) is 4.45. The molecule has 0 saturated heterocycles. The fraction of sp³-hybridized carbons (Fsp3) is 0. The molecule has 0 aliphatic carbocycles. The van der Waals surface area contributed by atoms with Gasteiger partial charge in [0.2, 0.25) is 0 Å². The minimum Gasteiger partial charge on any atom is -0.870 e. The van der Waals surface area contributed by atoms with E-state index < -0.39 is 11.4 Å². The van der Waals surface area contributed by atoms with Crippen molar-refractivity contribution in [3.63, 3.8) is 0 Å². The standard InChI is InChI=1S/C22H14O4.C9H5ClINO.Cu.H2O/c23-16-6-3-4-14(12-16)8-10-20(24)19-13-18-17-7-2-1-5-15(17)9-11-21(18)26-22(19)25;10-6-4-7(11)9(13)8-5(6)2-1-3-12-8;;/h1-13,23H;1-4,13H;;1H2/q;;+1;/p-1/b10-8+;;;. The van der Waals surface area contributed by atoms with Gasteiger partial charge in [0, 0.05) is 20.5 Å². The Bertz CT molecular complexity index is 1980. The van der Waals surface area contributed by atoms with Crippen LogP contribution in [-0.2, 0) is 17.1 Å². The van der Waals surface area contributed by atoms with Gasteiger partial charge in [0.05, 0.1) is 10.5 Å². The van der Waals surface area contributed by atoms with Gasteiger partial charge in [-0.2, -0.15) is 0 Å². The molecule has 0 aliphatic rings. The zero-order chi connectivity index (χ0) is 27.5. The van der Waals surface area contributed by atoms with E-state index in [1.807, 2.05) is 52.9 Å². The largest absolute Gasteiger partial charge is 1.00 e. The number of fused-ring (bicyclic) bond motifs is 4. The predicted octanol–water partition coefficient (Wildman–Crippen LogP) is 6.29. The maximum Gasteiger partial charge on any atom is 1.00 e. The Labute approximate surface area is 263 Å². The number of hydrogen-bond donors (Lipinski definition) is 1. The van der Waals surface area contributed by atoms with Crippen molar-refractivity contribution in [2.45, 2.75) is 0 Å². The minimum atomic E-state index is -0.668. The molecular weight excluding hydrogens is 708 g/mol. The van der Waals surface area contributed by atoms with Crippen molar-refractivity contribution >= 4 is 78.7 Å². The third-order valence-electron chi connectivity index (χ3n) is 5.96. The number of rotatable bonds is 3. The summed E-state index contributed by atoms with van der Waals surface area (Å²) in [6.45, 7) is 0. The number of phenols is 1. The van der Waals surface area contributed by atoms with Crippen LogP contribution in [0.1, 0.15) is 15.9 Å². The van der Waals surface area contributed by atoms with Crippen LogP contribution in [0.15, 0.2) is 106 Å². The van der Waals surface area contributed by atoms with Crippen molar-refractivity contribution < 1.29 is 42.0 Å². The normalized spacial score (nSPS) is 10.6. The average molecular weight is 728 g/mol. The number of aromatic hydroxyl groups is 1. The summed E-state index contributed by atoms with van der Waals surface area (Å²) in [5, 5.41) is 25.0. The van der Waals surface area contributed by atoms with E-state index in [-0.39, 0.29) is 39.6 Å². The zero-order valence-electron chi connectivity index (χ0n) is 20.9. The number of hydrogen-bond acceptors (Lipinski definition) is 6. The molecule has 4 aromatic carbocycles. The number of nitrogens with zero attached hydrogens (tertiary/aromatic N) is 1. The predicted molar refractivity (Wildman–Crippen MR) is 164 cm³/mol. The molecule has 0 bridgehead atoms. The van der Waals surface area contributed by atoms with Gasteiger partial charge in [-0.15, -0.1) is 0 Å². The molecule has 210 valence electrons. The number of benzene rings is 4. The quantitative estimate of drug-likeness (QED) is 0.0569. The van der Waals surface area contributed by atoms with Crippen LogP contribution in [0.4, 0.5) is 0 Å². The number of phenolic OH excluding ortho intramolecular Hbond substituents is 1. The smallest absolute Gasteiger partial charge is 0.870 e. The van der Waals surface area contributed by atoms with Crippen molar-refractivity contribution in [1.29, 1.82) is 0 Å². The van der Waals surface area contributed by atoms with Crippen molar-refractivity contribution in [3.05, 3.63) is 127 Å². The van der Waals surface area contributed by atoms with Crippen LogP contribution < -0.4 is 10.7 Å². The molecule has 2 heterocycles. The molecule has 0 amide bonds. The van der Waals surface area contributed by atoms with Crippen LogP contribution in [0.5, 0.6) is 11.5 Å². The number of pyridine rings is 1. The second kappa shape index (κ2) is 13.8. The van der Waals surface area contributed by atoms with Gasteiger partial charge in [0.25, 0.3) is 0 Å². The molecule has 6 aromatic rings. The molecule has 0 saturated carbocycles. The first-order valence-electron chi connectivity index (χ1n) is 11.7. The maximum absolute atomic E-state index is 12.5. The summed E-state index contributed by atoms with van der Waals surface area (Å²) in [5.74, 6) is -0.395. The van der Waals surface area contributed by atoms with Crippen LogP contribution in [0.2, 0.25) is 5.02 Å². The van der Waals surface area contributed by atoms with Crippen molar-refractivity contribution in [3.8, 4) is 11.5 Å². The van der Waals surface area contributed by atoms with Gasteiger partial charge in [0.1, 0.15) is 16.9 Å². The van der Waals surface area contributed by atoms with Gasteiger partial charge >= 0.3 is 22.7 Å². The van der Waals surface area contributed by atoms with Crippen LogP contribution in [0.25, 0.3) is 38.7 Å². The summed E-state index contributed by atoms with van der Waals surface area (Å²) in [6, 6.07) is 24.6. The van der Waals surface area contributed by atoms with E-state index >= 15 is 0 Å². The summed E-state index contributed by atoms with van der Waals surface area (Å²) in [5.41, 5.74) is 0.860. The Hall–Kier alpha value is -3.73. The van der Waals surface area contributed by atoms with Crippen LogP contribution in [0, 0.1) is 3.57 Å². The molecule has 0 atom stereocenters. The average Bonchev–Trinajstić information content (AvgIpc) is 2.94. The Morgan fingerprint density at radius 1 is 0.951 bits per heavy atom. The second-order valence-electron chi connectivity index (χ2n) is 8.51. The molecule has 0 aliphatic heterocycles. The van der Waals surface area contributed by atoms with Gasteiger partial charge in [-0.1, -0.05) is 65.9 Å². The summed E-state index contributed by atoms with van der Waals surface area (Å²) >= 11 is 7.91. The number of aromatic nitrogens is 1. The molecule has 0 fully saturated rings. The minimum absolute atomic E-state index is 0. The van der Waals surface area contributed by atoms with Crippen molar-refractivity contribution in [1.82, 2.24) is 4.98 Å². The van der Waals surface area contributed by atoms with E-state index in [2.05, 4.69) is 4.98 Å². The molecule has 10 heteroatoms. The van der Waals surface area contributed by atoms with E-state index in [0.29, 0.717) is 25.3 Å². The molecule has 0 spiro atoms. The molecule has 3 N–H and O–H groups in total. The van der Waals surface area contributed by atoms with Crippen molar-refractivity contribution in [2.24, 2.45) is 0 Å². The number of halogens is 2. The summed E-state index contributed by atoms with van der Waals surface area (Å²) in [7, 11) is 0. The van der Waals surface area contributed by atoms with Crippen LogP contribution >= 0.6 is 34.2 Å². The Kier molecular flexibility index (Phi) is 10.7. The van der Waals surface area contributed by atoms with E-state index in [9.17, 15) is 19.8 Å². The van der Waals surface area contributed by atoms with Gasteiger partial charge in [-0.05, 0) is 87.5 Å². The molecule has 7 nitrogen and oxygen atoms in total. The Balaban J connectivity index is 0.000000262. The monoisotopic (exact) mass is 727 g/mol. The van der Waals surface area contributed by atoms with E-state index in [1.165, 1.54) is 12.1 Å². The van der Waals surface area contributed by atoms with E-state index in [4.69, 9.17) is 16.0 Å². The van der Waals surface area contributed by atoms with Crippen LogP contribution in [-0.4, -0.2) is 21.3 Å². The number of ketones is 1.